The molecule has 1 N–H and O–H groups in total. The van der Waals surface area contributed by atoms with Crippen molar-refractivity contribution in [2.24, 2.45) is 5.92 Å². The number of rotatable bonds is 3. The second-order valence-electron chi connectivity index (χ2n) is 6.33. The van der Waals surface area contributed by atoms with Gasteiger partial charge in [-0.05, 0) is 49.1 Å². The number of nitrogens with one attached hydrogen (secondary N) is 1. The highest BCUT2D eigenvalue weighted by atomic mass is 16.5. The molecule has 2 unspecified atom stereocenters. The molecule has 1 aromatic carbocycles. The van der Waals surface area contributed by atoms with Crippen LogP contribution in [-0.4, -0.2) is 18.1 Å². The van der Waals surface area contributed by atoms with Crippen molar-refractivity contribution in [1.29, 1.82) is 0 Å². The van der Waals surface area contributed by atoms with Crippen LogP contribution in [0.2, 0.25) is 0 Å². The molecule has 1 heterocycles. The van der Waals surface area contributed by atoms with Crippen molar-refractivity contribution in [3.05, 3.63) is 35.4 Å². The third kappa shape index (κ3) is 3.29. The molecule has 0 radical (unpaired) electrons. The van der Waals surface area contributed by atoms with Gasteiger partial charge in [0.2, 0.25) is 0 Å². The van der Waals surface area contributed by atoms with E-state index in [0.29, 0.717) is 5.92 Å². The quantitative estimate of drug-likeness (QED) is 0.868. The van der Waals surface area contributed by atoms with Gasteiger partial charge in [0.05, 0.1) is 0 Å². The second-order valence-corrected chi connectivity index (χ2v) is 6.33. The number of benzene rings is 1. The van der Waals surface area contributed by atoms with Crippen LogP contribution in [0.15, 0.2) is 24.3 Å². The molecule has 3 rings (SSSR count). The van der Waals surface area contributed by atoms with Crippen LogP contribution in [0.25, 0.3) is 0 Å². The SMILES string of the molecule is CCC1CCCCC1OC(=O)[C@@H]1Cc2ccccc2CN1. The topological polar surface area (TPSA) is 38.3 Å². The molecule has 0 amide bonds. The normalized spacial score (nSPS) is 28.7. The van der Waals surface area contributed by atoms with E-state index < -0.39 is 0 Å². The van der Waals surface area contributed by atoms with Crippen molar-refractivity contribution >= 4 is 5.97 Å². The van der Waals surface area contributed by atoms with Crippen LogP contribution < -0.4 is 5.32 Å². The minimum absolute atomic E-state index is 0.0603. The summed E-state index contributed by atoms with van der Waals surface area (Å²) in [6.45, 7) is 2.96. The lowest BCUT2D eigenvalue weighted by Crippen LogP contribution is -2.45. The van der Waals surface area contributed by atoms with Gasteiger partial charge < -0.3 is 10.1 Å². The summed E-state index contributed by atoms with van der Waals surface area (Å²) in [5, 5.41) is 3.32. The van der Waals surface area contributed by atoms with Gasteiger partial charge in [0.25, 0.3) is 0 Å². The van der Waals surface area contributed by atoms with Gasteiger partial charge in [-0.25, -0.2) is 0 Å². The molecular formula is C18H25NO2. The molecular weight excluding hydrogens is 262 g/mol. The number of carbonyl (C=O) groups excluding carboxylic acids is 1. The Kier molecular flexibility index (Phi) is 4.59. The van der Waals surface area contributed by atoms with Crippen LogP contribution in [0.5, 0.6) is 0 Å². The minimum atomic E-state index is -0.181. The lowest BCUT2D eigenvalue weighted by atomic mass is 9.84. The zero-order chi connectivity index (χ0) is 14.7. The Hall–Kier alpha value is -1.35. The largest absolute Gasteiger partial charge is 0.461 e. The van der Waals surface area contributed by atoms with Gasteiger partial charge in [-0.1, -0.05) is 37.6 Å². The zero-order valence-electron chi connectivity index (χ0n) is 12.8. The number of ether oxygens (including phenoxy) is 1. The van der Waals surface area contributed by atoms with Gasteiger partial charge >= 0.3 is 5.97 Å². The van der Waals surface area contributed by atoms with Crippen LogP contribution in [0.1, 0.15) is 50.2 Å². The van der Waals surface area contributed by atoms with Crippen LogP contribution in [0.4, 0.5) is 0 Å². The van der Waals surface area contributed by atoms with Gasteiger partial charge in [0, 0.05) is 6.54 Å². The van der Waals surface area contributed by atoms with Crippen LogP contribution in [-0.2, 0) is 22.5 Å². The van der Waals surface area contributed by atoms with E-state index in [-0.39, 0.29) is 18.1 Å². The lowest BCUT2D eigenvalue weighted by Gasteiger charge is -2.32. The maximum absolute atomic E-state index is 12.5. The van der Waals surface area contributed by atoms with Crippen molar-refractivity contribution in [1.82, 2.24) is 5.32 Å². The van der Waals surface area contributed by atoms with Gasteiger partial charge in [-0.15, -0.1) is 0 Å². The standard InChI is InChI=1S/C18H25NO2/c1-2-13-7-5-6-10-17(13)21-18(20)16-11-14-8-3-4-9-15(14)12-19-16/h3-4,8-9,13,16-17,19H,2,5-7,10-12H2,1H3/t13?,16-,17?/m0/s1. The summed E-state index contributed by atoms with van der Waals surface area (Å²) in [4.78, 5) is 12.5. The average molecular weight is 287 g/mol. The van der Waals surface area contributed by atoms with Crippen molar-refractivity contribution in [3.63, 3.8) is 0 Å². The number of fused-ring (bicyclic) bond motifs is 1. The van der Waals surface area contributed by atoms with E-state index in [2.05, 4.69) is 24.4 Å². The Balaban J connectivity index is 1.61. The first-order valence-electron chi connectivity index (χ1n) is 8.28. The predicted molar refractivity (Wildman–Crippen MR) is 82.9 cm³/mol. The van der Waals surface area contributed by atoms with Crippen molar-refractivity contribution in [2.75, 3.05) is 0 Å². The molecule has 0 saturated heterocycles. The van der Waals surface area contributed by atoms with E-state index in [1.807, 2.05) is 12.1 Å². The van der Waals surface area contributed by atoms with Gasteiger partial charge in [-0.3, -0.25) is 4.79 Å². The van der Waals surface area contributed by atoms with Crippen LogP contribution in [0, 0.1) is 5.92 Å². The zero-order valence-corrected chi connectivity index (χ0v) is 12.8. The molecule has 0 bridgehead atoms. The first-order valence-corrected chi connectivity index (χ1v) is 8.28. The molecule has 3 atom stereocenters. The summed E-state index contributed by atoms with van der Waals surface area (Å²) in [5.74, 6) is 0.494. The first kappa shape index (κ1) is 14.6. The summed E-state index contributed by atoms with van der Waals surface area (Å²) in [5.41, 5.74) is 2.57. The molecule has 0 aromatic heterocycles. The number of hydrogen-bond acceptors (Lipinski definition) is 3. The Morgan fingerprint density at radius 3 is 2.81 bits per heavy atom. The Morgan fingerprint density at radius 2 is 2.00 bits per heavy atom. The van der Waals surface area contributed by atoms with Crippen molar-refractivity contribution < 1.29 is 9.53 Å². The number of carbonyl (C=O) groups is 1. The highest BCUT2D eigenvalue weighted by Crippen LogP contribution is 2.29. The molecule has 1 saturated carbocycles. The lowest BCUT2D eigenvalue weighted by molar-refractivity contribution is -0.156. The maximum Gasteiger partial charge on any atom is 0.323 e. The van der Waals surface area contributed by atoms with Gasteiger partial charge in [0.15, 0.2) is 0 Å². The smallest absolute Gasteiger partial charge is 0.323 e. The third-order valence-corrected chi connectivity index (χ3v) is 5.00. The Labute approximate surface area is 127 Å². The molecule has 1 aromatic rings. The summed E-state index contributed by atoms with van der Waals surface area (Å²) in [6.07, 6.45) is 6.70. The van der Waals surface area contributed by atoms with Gasteiger partial charge in [-0.2, -0.15) is 0 Å². The Bertz CT molecular complexity index is 500. The van der Waals surface area contributed by atoms with E-state index >= 15 is 0 Å². The average Bonchev–Trinajstić information content (AvgIpc) is 2.55. The fourth-order valence-electron chi connectivity index (χ4n) is 3.65. The van der Waals surface area contributed by atoms with E-state index in [1.165, 1.54) is 30.4 Å². The monoisotopic (exact) mass is 287 g/mol. The fraction of sp³-hybridized carbons (Fsp3) is 0.611. The van der Waals surface area contributed by atoms with Gasteiger partial charge in [0.1, 0.15) is 12.1 Å². The fourth-order valence-corrected chi connectivity index (χ4v) is 3.65. The first-order chi connectivity index (χ1) is 10.3. The summed E-state index contributed by atoms with van der Waals surface area (Å²) in [6, 6.07) is 8.15. The van der Waals surface area contributed by atoms with Crippen molar-refractivity contribution in [3.8, 4) is 0 Å². The molecule has 0 spiro atoms. The minimum Gasteiger partial charge on any atom is -0.461 e. The second kappa shape index (κ2) is 6.61. The summed E-state index contributed by atoms with van der Waals surface area (Å²) >= 11 is 0. The summed E-state index contributed by atoms with van der Waals surface area (Å²) < 4.78 is 5.85. The van der Waals surface area contributed by atoms with E-state index in [9.17, 15) is 4.79 Å². The molecule has 3 heteroatoms. The van der Waals surface area contributed by atoms with Crippen LogP contribution >= 0.6 is 0 Å². The molecule has 114 valence electrons. The molecule has 3 nitrogen and oxygen atoms in total. The predicted octanol–water partition coefficient (Wildman–Crippen LogP) is 3.21. The highest BCUT2D eigenvalue weighted by molar-refractivity contribution is 5.77. The Morgan fingerprint density at radius 1 is 1.24 bits per heavy atom. The summed E-state index contributed by atoms with van der Waals surface area (Å²) in [7, 11) is 0. The van der Waals surface area contributed by atoms with E-state index in [1.54, 1.807) is 0 Å². The number of esters is 1. The highest BCUT2D eigenvalue weighted by Gasteiger charge is 2.31. The molecule has 2 aliphatic rings. The van der Waals surface area contributed by atoms with Crippen molar-refractivity contribution in [2.45, 2.75) is 64.1 Å². The number of hydrogen-bond donors (Lipinski definition) is 1. The molecule has 1 aliphatic heterocycles. The van der Waals surface area contributed by atoms with E-state index in [4.69, 9.17) is 4.74 Å². The third-order valence-electron chi connectivity index (χ3n) is 5.00. The molecule has 1 fully saturated rings. The maximum atomic E-state index is 12.5. The van der Waals surface area contributed by atoms with Crippen LogP contribution in [0.3, 0.4) is 0 Å². The van der Waals surface area contributed by atoms with E-state index in [0.717, 1.165) is 25.8 Å². The molecule has 1 aliphatic carbocycles. The molecule has 21 heavy (non-hydrogen) atoms.